The first kappa shape index (κ1) is 13.4. The Morgan fingerprint density at radius 2 is 1.67 bits per heavy atom. The van der Waals surface area contributed by atoms with Crippen LogP contribution in [0.15, 0.2) is 18.2 Å². The summed E-state index contributed by atoms with van der Waals surface area (Å²) in [6, 6.07) is 5.12. The number of nitrogens with one attached hydrogen (secondary N) is 1. The van der Waals surface area contributed by atoms with E-state index in [1.807, 2.05) is 13.8 Å². The van der Waals surface area contributed by atoms with Crippen molar-refractivity contribution in [3.63, 3.8) is 0 Å². The first-order chi connectivity index (χ1) is 8.47. The van der Waals surface area contributed by atoms with E-state index < -0.39 is 0 Å². The van der Waals surface area contributed by atoms with Crippen LogP contribution in [-0.2, 0) is 0 Å². The summed E-state index contributed by atoms with van der Waals surface area (Å²) < 4.78 is 0. The SMILES string of the molecule is Cc1nc(Cl)c(Nc2cc(Cl)ccc2Cl)nc1C. The number of hydrogen-bond acceptors (Lipinski definition) is 3. The molecule has 0 radical (unpaired) electrons. The predicted molar refractivity (Wildman–Crippen MR) is 76.3 cm³/mol. The Hall–Kier alpha value is -1.03. The molecule has 18 heavy (non-hydrogen) atoms. The van der Waals surface area contributed by atoms with E-state index in [1.54, 1.807) is 18.2 Å². The van der Waals surface area contributed by atoms with E-state index in [0.29, 0.717) is 26.7 Å². The predicted octanol–water partition coefficient (Wildman–Crippen LogP) is 4.80. The second-order valence-electron chi connectivity index (χ2n) is 3.78. The fourth-order valence-corrected chi connectivity index (χ4v) is 1.93. The highest BCUT2D eigenvalue weighted by Gasteiger charge is 2.09. The van der Waals surface area contributed by atoms with Crippen LogP contribution in [0.3, 0.4) is 0 Å². The molecule has 0 amide bonds. The molecule has 0 aliphatic rings. The average Bonchev–Trinajstić information content (AvgIpc) is 2.30. The molecule has 0 bridgehead atoms. The lowest BCUT2D eigenvalue weighted by Crippen LogP contribution is -2.01. The van der Waals surface area contributed by atoms with Gasteiger partial charge in [-0.2, -0.15) is 0 Å². The maximum Gasteiger partial charge on any atom is 0.172 e. The van der Waals surface area contributed by atoms with E-state index in [4.69, 9.17) is 34.8 Å². The molecule has 0 unspecified atom stereocenters. The Labute approximate surface area is 120 Å². The van der Waals surface area contributed by atoms with E-state index in [0.717, 1.165) is 11.4 Å². The van der Waals surface area contributed by atoms with E-state index >= 15 is 0 Å². The largest absolute Gasteiger partial charge is 0.336 e. The van der Waals surface area contributed by atoms with Crippen LogP contribution in [0.25, 0.3) is 0 Å². The molecule has 0 saturated heterocycles. The Bertz CT molecular complexity index is 599. The summed E-state index contributed by atoms with van der Waals surface area (Å²) in [6.07, 6.45) is 0. The lowest BCUT2D eigenvalue weighted by molar-refractivity contribution is 1.05. The van der Waals surface area contributed by atoms with Crippen molar-refractivity contribution in [2.24, 2.45) is 0 Å². The quantitative estimate of drug-likeness (QED) is 0.866. The molecule has 1 aromatic heterocycles. The van der Waals surface area contributed by atoms with Gasteiger partial charge in [-0.1, -0.05) is 34.8 Å². The van der Waals surface area contributed by atoms with Crippen molar-refractivity contribution in [1.82, 2.24) is 9.97 Å². The van der Waals surface area contributed by atoms with Gasteiger partial charge in [0.25, 0.3) is 0 Å². The Balaban J connectivity index is 2.40. The maximum absolute atomic E-state index is 6.06. The number of halogens is 3. The molecular weight excluding hydrogens is 293 g/mol. The summed E-state index contributed by atoms with van der Waals surface area (Å²) >= 11 is 18.0. The van der Waals surface area contributed by atoms with E-state index in [-0.39, 0.29) is 0 Å². The van der Waals surface area contributed by atoms with Crippen molar-refractivity contribution in [2.45, 2.75) is 13.8 Å². The highest BCUT2D eigenvalue weighted by molar-refractivity contribution is 6.35. The third-order valence-electron chi connectivity index (χ3n) is 2.45. The summed E-state index contributed by atoms with van der Waals surface area (Å²) in [5.74, 6) is 0.462. The molecule has 0 atom stereocenters. The van der Waals surface area contributed by atoms with Gasteiger partial charge < -0.3 is 5.32 Å². The van der Waals surface area contributed by atoms with Crippen molar-refractivity contribution in [2.75, 3.05) is 5.32 Å². The van der Waals surface area contributed by atoms with Crippen molar-refractivity contribution < 1.29 is 0 Å². The average molecular weight is 303 g/mol. The summed E-state index contributed by atoms with van der Waals surface area (Å²) in [5, 5.41) is 4.44. The maximum atomic E-state index is 6.06. The van der Waals surface area contributed by atoms with Gasteiger partial charge in [0.2, 0.25) is 0 Å². The molecule has 2 rings (SSSR count). The van der Waals surface area contributed by atoms with Crippen LogP contribution in [-0.4, -0.2) is 9.97 Å². The minimum absolute atomic E-state index is 0.300. The molecule has 6 heteroatoms. The summed E-state index contributed by atoms with van der Waals surface area (Å²) in [4.78, 5) is 8.52. The minimum Gasteiger partial charge on any atom is -0.336 e. The van der Waals surface area contributed by atoms with Gasteiger partial charge in [-0.3, -0.25) is 0 Å². The molecule has 1 heterocycles. The number of nitrogens with zero attached hydrogens (tertiary/aromatic N) is 2. The van der Waals surface area contributed by atoms with E-state index in [9.17, 15) is 0 Å². The van der Waals surface area contributed by atoms with Crippen LogP contribution >= 0.6 is 34.8 Å². The normalized spacial score (nSPS) is 10.5. The molecule has 94 valence electrons. The Morgan fingerprint density at radius 1 is 1.00 bits per heavy atom. The fraction of sp³-hybridized carbons (Fsp3) is 0.167. The van der Waals surface area contributed by atoms with Crippen LogP contribution in [0.5, 0.6) is 0 Å². The summed E-state index contributed by atoms with van der Waals surface area (Å²) in [5.41, 5.74) is 2.24. The molecule has 0 fully saturated rings. The molecular formula is C12H10Cl3N3. The molecule has 1 aromatic carbocycles. The van der Waals surface area contributed by atoms with E-state index in [2.05, 4.69) is 15.3 Å². The standard InChI is InChI=1S/C12H10Cl3N3/c1-6-7(2)17-12(11(15)16-6)18-10-5-8(13)3-4-9(10)14/h3-5H,1-2H3,(H,17,18). The third-order valence-corrected chi connectivity index (χ3v) is 3.27. The monoisotopic (exact) mass is 301 g/mol. The van der Waals surface area contributed by atoms with Gasteiger partial charge in [-0.15, -0.1) is 0 Å². The lowest BCUT2D eigenvalue weighted by atomic mass is 10.3. The van der Waals surface area contributed by atoms with Gasteiger partial charge in [-0.25, -0.2) is 9.97 Å². The zero-order chi connectivity index (χ0) is 13.3. The van der Waals surface area contributed by atoms with Crippen LogP contribution in [0, 0.1) is 13.8 Å². The zero-order valence-electron chi connectivity index (χ0n) is 9.76. The highest BCUT2D eigenvalue weighted by Crippen LogP contribution is 2.30. The van der Waals surface area contributed by atoms with Gasteiger partial charge in [0, 0.05) is 5.02 Å². The molecule has 0 saturated carbocycles. The van der Waals surface area contributed by atoms with Gasteiger partial charge in [0.1, 0.15) is 0 Å². The van der Waals surface area contributed by atoms with Crippen LogP contribution in [0.2, 0.25) is 15.2 Å². The molecule has 0 aliphatic heterocycles. The molecule has 3 nitrogen and oxygen atoms in total. The lowest BCUT2D eigenvalue weighted by Gasteiger charge is -2.10. The minimum atomic E-state index is 0.300. The third kappa shape index (κ3) is 2.86. The van der Waals surface area contributed by atoms with Gasteiger partial charge in [0.15, 0.2) is 11.0 Å². The molecule has 0 spiro atoms. The van der Waals surface area contributed by atoms with Crippen molar-refractivity contribution in [3.8, 4) is 0 Å². The topological polar surface area (TPSA) is 37.8 Å². The van der Waals surface area contributed by atoms with Gasteiger partial charge in [-0.05, 0) is 32.0 Å². The first-order valence-electron chi connectivity index (χ1n) is 5.20. The smallest absolute Gasteiger partial charge is 0.172 e. The molecule has 2 aromatic rings. The van der Waals surface area contributed by atoms with Crippen LogP contribution < -0.4 is 5.32 Å². The highest BCUT2D eigenvalue weighted by atomic mass is 35.5. The fourth-order valence-electron chi connectivity index (χ4n) is 1.38. The van der Waals surface area contributed by atoms with Crippen LogP contribution in [0.1, 0.15) is 11.4 Å². The van der Waals surface area contributed by atoms with Crippen molar-refractivity contribution >= 4 is 46.3 Å². The molecule has 1 N–H and O–H groups in total. The summed E-state index contributed by atoms with van der Waals surface area (Å²) in [6.45, 7) is 3.72. The molecule has 0 aliphatic carbocycles. The zero-order valence-corrected chi connectivity index (χ0v) is 12.0. The number of rotatable bonds is 2. The Kier molecular flexibility index (Phi) is 3.95. The number of hydrogen-bond donors (Lipinski definition) is 1. The van der Waals surface area contributed by atoms with Crippen LogP contribution in [0.4, 0.5) is 11.5 Å². The van der Waals surface area contributed by atoms with Crippen molar-refractivity contribution in [3.05, 3.63) is 44.8 Å². The summed E-state index contributed by atoms with van der Waals surface area (Å²) in [7, 11) is 0. The van der Waals surface area contributed by atoms with Crippen molar-refractivity contribution in [1.29, 1.82) is 0 Å². The number of benzene rings is 1. The second-order valence-corrected chi connectivity index (χ2v) is 4.98. The number of aromatic nitrogens is 2. The van der Waals surface area contributed by atoms with E-state index in [1.165, 1.54) is 0 Å². The second kappa shape index (κ2) is 5.31. The number of aryl methyl sites for hydroxylation is 2. The number of anilines is 2. The Morgan fingerprint density at radius 3 is 2.39 bits per heavy atom. The van der Waals surface area contributed by atoms with Gasteiger partial charge in [0.05, 0.1) is 22.1 Å². The van der Waals surface area contributed by atoms with Gasteiger partial charge >= 0.3 is 0 Å². The first-order valence-corrected chi connectivity index (χ1v) is 6.33.